The highest BCUT2D eigenvalue weighted by molar-refractivity contribution is 6.30. The van der Waals surface area contributed by atoms with E-state index in [0.717, 1.165) is 12.1 Å². The van der Waals surface area contributed by atoms with Crippen LogP contribution in [0.4, 0.5) is 0 Å². The molecule has 0 radical (unpaired) electrons. The summed E-state index contributed by atoms with van der Waals surface area (Å²) in [5.74, 6) is 1.21. The van der Waals surface area contributed by atoms with Crippen molar-refractivity contribution >= 4 is 11.6 Å². The maximum atomic E-state index is 5.89. The van der Waals surface area contributed by atoms with E-state index in [9.17, 15) is 0 Å². The van der Waals surface area contributed by atoms with Crippen LogP contribution in [-0.4, -0.2) is 9.97 Å². The molecule has 2 rings (SSSR count). The van der Waals surface area contributed by atoms with Gasteiger partial charge in [0.1, 0.15) is 11.5 Å². The first-order chi connectivity index (χ1) is 8.69. The van der Waals surface area contributed by atoms with Crippen LogP contribution in [0, 0.1) is 0 Å². The summed E-state index contributed by atoms with van der Waals surface area (Å²) in [7, 11) is 0. The lowest BCUT2D eigenvalue weighted by atomic mass is 10.1. The lowest BCUT2D eigenvalue weighted by Gasteiger charge is -2.09. The van der Waals surface area contributed by atoms with Crippen molar-refractivity contribution in [3.63, 3.8) is 0 Å². The molecule has 0 saturated carbocycles. The highest BCUT2D eigenvalue weighted by Crippen LogP contribution is 2.23. The molecule has 0 aliphatic heterocycles. The smallest absolute Gasteiger partial charge is 0.147 e. The van der Waals surface area contributed by atoms with E-state index < -0.39 is 0 Å². The van der Waals surface area contributed by atoms with Crippen molar-refractivity contribution in [1.82, 2.24) is 9.97 Å². The normalized spacial score (nSPS) is 12.2. The summed E-state index contributed by atoms with van der Waals surface area (Å²) in [6, 6.07) is 5.35. The fourth-order valence-electron chi connectivity index (χ4n) is 1.46. The van der Waals surface area contributed by atoms with Crippen LogP contribution in [-0.2, 0) is 0 Å². The first-order valence-corrected chi connectivity index (χ1v) is 6.06. The summed E-state index contributed by atoms with van der Waals surface area (Å²) in [6.07, 6.45) is 5.64. The Balaban J connectivity index is 2.11. The molecule has 0 aromatic carbocycles. The second-order valence-electron chi connectivity index (χ2n) is 3.87. The van der Waals surface area contributed by atoms with Gasteiger partial charge in [-0.25, -0.2) is 0 Å². The number of nitrogens with two attached hydrogens (primary N) is 1. The van der Waals surface area contributed by atoms with Crippen LogP contribution in [0.25, 0.3) is 0 Å². The highest BCUT2D eigenvalue weighted by Gasteiger charge is 2.05. The maximum Gasteiger partial charge on any atom is 0.147 e. The van der Waals surface area contributed by atoms with Gasteiger partial charge in [0.2, 0.25) is 0 Å². The van der Waals surface area contributed by atoms with E-state index in [0.29, 0.717) is 16.5 Å². The maximum absolute atomic E-state index is 5.89. The van der Waals surface area contributed by atoms with Crippen LogP contribution in [0.3, 0.4) is 0 Å². The number of pyridine rings is 2. The molecule has 0 unspecified atom stereocenters. The van der Waals surface area contributed by atoms with E-state index in [-0.39, 0.29) is 6.04 Å². The van der Waals surface area contributed by atoms with Crippen LogP contribution < -0.4 is 10.5 Å². The Labute approximate surface area is 111 Å². The topological polar surface area (TPSA) is 61.0 Å². The van der Waals surface area contributed by atoms with Gasteiger partial charge in [0.25, 0.3) is 0 Å². The Bertz CT molecular complexity index is 516. The Kier molecular flexibility index (Phi) is 4.12. The SMILES string of the molecule is CC[C@@H](N)c1ccc(Oc2cncc(Cl)c2)cn1. The zero-order valence-electron chi connectivity index (χ0n) is 10.0. The van der Waals surface area contributed by atoms with Gasteiger partial charge < -0.3 is 10.5 Å². The Hall–Kier alpha value is -1.65. The quantitative estimate of drug-likeness (QED) is 0.919. The van der Waals surface area contributed by atoms with Crippen molar-refractivity contribution in [3.05, 3.63) is 47.5 Å². The predicted octanol–water partition coefficient (Wildman–Crippen LogP) is 3.33. The molecule has 2 heterocycles. The van der Waals surface area contributed by atoms with Gasteiger partial charge in [-0.3, -0.25) is 9.97 Å². The van der Waals surface area contributed by atoms with E-state index in [1.54, 1.807) is 24.7 Å². The summed E-state index contributed by atoms with van der Waals surface area (Å²) in [4.78, 5) is 8.21. The Morgan fingerprint density at radius 2 is 2.11 bits per heavy atom. The van der Waals surface area contributed by atoms with Crippen LogP contribution in [0.1, 0.15) is 25.1 Å². The summed E-state index contributed by atoms with van der Waals surface area (Å²) in [6.45, 7) is 2.02. The lowest BCUT2D eigenvalue weighted by Crippen LogP contribution is -2.10. The number of rotatable bonds is 4. The molecule has 0 aliphatic rings. The number of nitrogens with zero attached hydrogens (tertiary/aromatic N) is 2. The van der Waals surface area contributed by atoms with Gasteiger partial charge in [0.05, 0.1) is 23.1 Å². The van der Waals surface area contributed by atoms with E-state index in [1.165, 1.54) is 0 Å². The van der Waals surface area contributed by atoms with Crippen molar-refractivity contribution in [1.29, 1.82) is 0 Å². The molecule has 4 nitrogen and oxygen atoms in total. The molecule has 0 fully saturated rings. The molecule has 0 saturated heterocycles. The standard InChI is InChI=1S/C13H14ClN3O/c1-2-12(15)13-4-3-10(8-17-13)18-11-5-9(14)6-16-7-11/h3-8,12H,2,15H2,1H3/t12-/m1/s1. The third-order valence-corrected chi connectivity index (χ3v) is 2.70. The molecule has 0 aliphatic carbocycles. The van der Waals surface area contributed by atoms with Crippen LogP contribution in [0.2, 0.25) is 5.02 Å². The van der Waals surface area contributed by atoms with Crippen molar-refractivity contribution in [2.24, 2.45) is 5.73 Å². The summed E-state index contributed by atoms with van der Waals surface area (Å²) < 4.78 is 5.58. The van der Waals surface area contributed by atoms with Crippen LogP contribution in [0.15, 0.2) is 36.8 Å². The molecule has 94 valence electrons. The zero-order chi connectivity index (χ0) is 13.0. The molecule has 2 aromatic heterocycles. The highest BCUT2D eigenvalue weighted by atomic mass is 35.5. The molecular formula is C13H14ClN3O. The van der Waals surface area contributed by atoms with E-state index >= 15 is 0 Å². The van der Waals surface area contributed by atoms with Gasteiger partial charge in [-0.2, -0.15) is 0 Å². The molecule has 2 aromatic rings. The van der Waals surface area contributed by atoms with Gasteiger partial charge >= 0.3 is 0 Å². The van der Waals surface area contributed by atoms with Crippen molar-refractivity contribution in [3.8, 4) is 11.5 Å². The minimum Gasteiger partial charge on any atom is -0.454 e. The lowest BCUT2D eigenvalue weighted by molar-refractivity contribution is 0.476. The second kappa shape index (κ2) is 5.80. The number of aromatic nitrogens is 2. The second-order valence-corrected chi connectivity index (χ2v) is 4.31. The Morgan fingerprint density at radius 3 is 2.72 bits per heavy atom. The zero-order valence-corrected chi connectivity index (χ0v) is 10.8. The molecule has 1 atom stereocenters. The van der Waals surface area contributed by atoms with Gasteiger partial charge in [0.15, 0.2) is 0 Å². The third-order valence-electron chi connectivity index (χ3n) is 2.49. The summed E-state index contributed by atoms with van der Waals surface area (Å²) >= 11 is 5.82. The first kappa shape index (κ1) is 12.8. The molecule has 0 bridgehead atoms. The van der Waals surface area contributed by atoms with Gasteiger partial charge in [-0.05, 0) is 18.6 Å². The number of halogens is 1. The Morgan fingerprint density at radius 1 is 1.28 bits per heavy atom. The third kappa shape index (κ3) is 3.18. The van der Waals surface area contributed by atoms with E-state index in [4.69, 9.17) is 22.1 Å². The van der Waals surface area contributed by atoms with Crippen molar-refractivity contribution < 1.29 is 4.74 Å². The first-order valence-electron chi connectivity index (χ1n) is 5.69. The molecular weight excluding hydrogens is 250 g/mol. The van der Waals surface area contributed by atoms with Gasteiger partial charge in [-0.15, -0.1) is 0 Å². The molecule has 0 spiro atoms. The van der Waals surface area contributed by atoms with Crippen molar-refractivity contribution in [2.75, 3.05) is 0 Å². The molecule has 5 heteroatoms. The number of hydrogen-bond acceptors (Lipinski definition) is 4. The van der Waals surface area contributed by atoms with Crippen molar-refractivity contribution in [2.45, 2.75) is 19.4 Å². The summed E-state index contributed by atoms with van der Waals surface area (Å²) in [5.41, 5.74) is 6.74. The molecule has 2 N–H and O–H groups in total. The fraction of sp³-hybridized carbons (Fsp3) is 0.231. The molecule has 0 amide bonds. The minimum absolute atomic E-state index is 0.0353. The average molecular weight is 264 g/mol. The fourth-order valence-corrected chi connectivity index (χ4v) is 1.63. The number of ether oxygens (including phenoxy) is 1. The van der Waals surface area contributed by atoms with Gasteiger partial charge in [0, 0.05) is 18.3 Å². The van der Waals surface area contributed by atoms with E-state index in [1.807, 2.05) is 19.1 Å². The van der Waals surface area contributed by atoms with E-state index in [2.05, 4.69) is 9.97 Å². The summed E-state index contributed by atoms with van der Waals surface area (Å²) in [5, 5.41) is 0.532. The average Bonchev–Trinajstić information content (AvgIpc) is 2.39. The number of hydrogen-bond donors (Lipinski definition) is 1. The molecule has 18 heavy (non-hydrogen) atoms. The van der Waals surface area contributed by atoms with Crippen LogP contribution in [0.5, 0.6) is 11.5 Å². The monoisotopic (exact) mass is 263 g/mol. The van der Waals surface area contributed by atoms with Gasteiger partial charge in [-0.1, -0.05) is 18.5 Å². The predicted molar refractivity (Wildman–Crippen MR) is 70.8 cm³/mol. The minimum atomic E-state index is -0.0353. The van der Waals surface area contributed by atoms with Crippen LogP contribution >= 0.6 is 11.6 Å². The largest absolute Gasteiger partial charge is 0.454 e.